The molecule has 0 bridgehead atoms. The SMILES string of the molecule is COc1ccc(CN(C)CC(=O)Nc2ccc(OC(F)F)cc2)cc1. The van der Waals surface area contributed by atoms with E-state index in [2.05, 4.69) is 10.1 Å². The molecular formula is C18H20F2N2O3. The van der Waals surface area contributed by atoms with Gasteiger partial charge < -0.3 is 14.8 Å². The second-order valence-corrected chi connectivity index (χ2v) is 5.47. The van der Waals surface area contributed by atoms with Gasteiger partial charge in [-0.1, -0.05) is 12.1 Å². The van der Waals surface area contributed by atoms with Crippen LogP contribution in [0.3, 0.4) is 0 Å². The minimum absolute atomic E-state index is 0.0459. The van der Waals surface area contributed by atoms with Crippen LogP contribution in [-0.2, 0) is 11.3 Å². The molecule has 2 aromatic rings. The van der Waals surface area contributed by atoms with Gasteiger partial charge in [0.2, 0.25) is 5.91 Å². The zero-order chi connectivity index (χ0) is 18.2. The fourth-order valence-corrected chi connectivity index (χ4v) is 2.26. The van der Waals surface area contributed by atoms with Crippen LogP contribution < -0.4 is 14.8 Å². The predicted molar refractivity (Wildman–Crippen MR) is 91.0 cm³/mol. The highest BCUT2D eigenvalue weighted by Gasteiger charge is 2.09. The van der Waals surface area contributed by atoms with E-state index in [-0.39, 0.29) is 18.2 Å². The predicted octanol–water partition coefficient (Wildman–Crippen LogP) is 3.37. The van der Waals surface area contributed by atoms with Crippen LogP contribution >= 0.6 is 0 Å². The normalized spacial score (nSPS) is 10.8. The summed E-state index contributed by atoms with van der Waals surface area (Å²) in [5.41, 5.74) is 1.58. The summed E-state index contributed by atoms with van der Waals surface area (Å²) in [6, 6.07) is 13.4. The van der Waals surface area contributed by atoms with Crippen molar-refractivity contribution in [1.82, 2.24) is 4.90 Å². The molecule has 1 N–H and O–H groups in total. The number of ether oxygens (including phenoxy) is 2. The summed E-state index contributed by atoms with van der Waals surface area (Å²) in [4.78, 5) is 13.9. The number of carbonyl (C=O) groups is 1. The number of amides is 1. The van der Waals surface area contributed by atoms with Gasteiger partial charge in [0.15, 0.2) is 0 Å². The Kier molecular flexibility index (Phi) is 6.71. The summed E-state index contributed by atoms with van der Waals surface area (Å²) in [5, 5.41) is 2.71. The highest BCUT2D eigenvalue weighted by atomic mass is 19.3. The van der Waals surface area contributed by atoms with Crippen molar-refractivity contribution in [3.8, 4) is 11.5 Å². The zero-order valence-corrected chi connectivity index (χ0v) is 14.0. The van der Waals surface area contributed by atoms with Gasteiger partial charge in [-0.05, 0) is 49.0 Å². The summed E-state index contributed by atoms with van der Waals surface area (Å²) < 4.78 is 33.5. The summed E-state index contributed by atoms with van der Waals surface area (Å²) in [6.07, 6.45) is 0. The molecule has 2 aromatic carbocycles. The molecule has 0 unspecified atom stereocenters. The quantitative estimate of drug-likeness (QED) is 0.793. The average molecular weight is 350 g/mol. The number of benzene rings is 2. The van der Waals surface area contributed by atoms with Crippen LogP contribution in [0.25, 0.3) is 0 Å². The van der Waals surface area contributed by atoms with E-state index in [0.717, 1.165) is 11.3 Å². The van der Waals surface area contributed by atoms with Crippen LogP contribution in [0, 0.1) is 0 Å². The summed E-state index contributed by atoms with van der Waals surface area (Å²) in [5.74, 6) is 0.631. The molecule has 0 saturated heterocycles. The van der Waals surface area contributed by atoms with Gasteiger partial charge in [0, 0.05) is 12.2 Å². The maximum Gasteiger partial charge on any atom is 0.387 e. The van der Waals surface area contributed by atoms with Gasteiger partial charge in [0.05, 0.1) is 13.7 Å². The molecule has 1 amide bonds. The Labute approximate surface area is 145 Å². The molecule has 2 rings (SSSR count). The molecule has 0 aliphatic rings. The maximum atomic E-state index is 12.1. The summed E-state index contributed by atoms with van der Waals surface area (Å²) in [7, 11) is 3.45. The van der Waals surface area contributed by atoms with E-state index in [1.165, 1.54) is 24.3 Å². The van der Waals surface area contributed by atoms with Crippen LogP contribution in [-0.4, -0.2) is 38.1 Å². The van der Waals surface area contributed by atoms with Crippen molar-refractivity contribution >= 4 is 11.6 Å². The highest BCUT2D eigenvalue weighted by molar-refractivity contribution is 5.92. The third-order valence-electron chi connectivity index (χ3n) is 3.39. The lowest BCUT2D eigenvalue weighted by molar-refractivity contribution is -0.117. The first-order valence-corrected chi connectivity index (χ1v) is 7.62. The van der Waals surface area contributed by atoms with Crippen molar-refractivity contribution in [2.24, 2.45) is 0 Å². The lowest BCUT2D eigenvalue weighted by atomic mass is 10.2. The largest absolute Gasteiger partial charge is 0.497 e. The molecule has 0 fully saturated rings. The van der Waals surface area contributed by atoms with Crippen molar-refractivity contribution in [3.63, 3.8) is 0 Å². The molecule has 134 valence electrons. The number of likely N-dealkylation sites (N-methyl/N-ethyl adjacent to an activating group) is 1. The van der Waals surface area contributed by atoms with Crippen molar-refractivity contribution in [1.29, 1.82) is 0 Å². The van der Waals surface area contributed by atoms with E-state index in [1.54, 1.807) is 7.11 Å². The second-order valence-electron chi connectivity index (χ2n) is 5.47. The number of rotatable bonds is 8. The first kappa shape index (κ1) is 18.7. The highest BCUT2D eigenvalue weighted by Crippen LogP contribution is 2.18. The van der Waals surface area contributed by atoms with E-state index < -0.39 is 6.61 Å². The van der Waals surface area contributed by atoms with E-state index >= 15 is 0 Å². The van der Waals surface area contributed by atoms with Gasteiger partial charge in [-0.2, -0.15) is 8.78 Å². The van der Waals surface area contributed by atoms with Crippen LogP contribution in [0.1, 0.15) is 5.56 Å². The molecule has 0 aromatic heterocycles. The number of nitrogens with zero attached hydrogens (tertiary/aromatic N) is 1. The second kappa shape index (κ2) is 8.98. The molecule has 0 aliphatic heterocycles. The van der Waals surface area contributed by atoms with Crippen molar-refractivity contribution < 1.29 is 23.0 Å². The number of methoxy groups -OCH3 is 1. The number of nitrogens with one attached hydrogen (secondary N) is 1. The van der Waals surface area contributed by atoms with Crippen molar-refractivity contribution in [3.05, 3.63) is 54.1 Å². The smallest absolute Gasteiger partial charge is 0.387 e. The molecule has 0 saturated carbocycles. The fourth-order valence-electron chi connectivity index (χ4n) is 2.26. The van der Waals surface area contributed by atoms with Crippen LogP contribution in [0.2, 0.25) is 0 Å². The first-order valence-electron chi connectivity index (χ1n) is 7.62. The van der Waals surface area contributed by atoms with Gasteiger partial charge in [-0.15, -0.1) is 0 Å². The number of carbonyl (C=O) groups excluding carboxylic acids is 1. The number of hydrogen-bond donors (Lipinski definition) is 1. The summed E-state index contributed by atoms with van der Waals surface area (Å²) in [6.45, 7) is -2.06. The Balaban J connectivity index is 1.82. The number of hydrogen-bond acceptors (Lipinski definition) is 4. The Hall–Kier alpha value is -2.67. The fraction of sp³-hybridized carbons (Fsp3) is 0.278. The third kappa shape index (κ3) is 6.39. The molecule has 0 heterocycles. The van der Waals surface area contributed by atoms with Crippen LogP contribution in [0.5, 0.6) is 11.5 Å². The van der Waals surface area contributed by atoms with Gasteiger partial charge in [-0.25, -0.2) is 0 Å². The van der Waals surface area contributed by atoms with E-state index in [4.69, 9.17) is 4.74 Å². The molecular weight excluding hydrogens is 330 g/mol. The molecule has 25 heavy (non-hydrogen) atoms. The first-order chi connectivity index (χ1) is 12.0. The van der Waals surface area contributed by atoms with Crippen molar-refractivity contribution in [2.75, 3.05) is 26.0 Å². The standard InChI is InChI=1S/C18H20F2N2O3/c1-22(11-13-3-7-15(24-2)8-4-13)12-17(23)21-14-5-9-16(10-6-14)25-18(19)20/h3-10,18H,11-12H2,1-2H3,(H,21,23). The number of alkyl halides is 2. The molecule has 5 nitrogen and oxygen atoms in total. The van der Waals surface area contributed by atoms with Gasteiger partial charge >= 0.3 is 6.61 Å². The Morgan fingerprint density at radius 1 is 1.08 bits per heavy atom. The Morgan fingerprint density at radius 2 is 1.68 bits per heavy atom. The van der Waals surface area contributed by atoms with Crippen LogP contribution in [0.4, 0.5) is 14.5 Å². The Morgan fingerprint density at radius 3 is 2.24 bits per heavy atom. The molecule has 0 radical (unpaired) electrons. The minimum Gasteiger partial charge on any atom is -0.497 e. The number of halogens is 2. The molecule has 0 atom stereocenters. The lowest BCUT2D eigenvalue weighted by Gasteiger charge is -2.16. The van der Waals surface area contributed by atoms with Crippen LogP contribution in [0.15, 0.2) is 48.5 Å². The third-order valence-corrected chi connectivity index (χ3v) is 3.39. The molecule has 7 heteroatoms. The number of anilines is 1. The van der Waals surface area contributed by atoms with E-state index in [9.17, 15) is 13.6 Å². The van der Waals surface area contributed by atoms with E-state index in [1.807, 2.05) is 36.2 Å². The Bertz CT molecular complexity index is 676. The minimum atomic E-state index is -2.87. The maximum absolute atomic E-state index is 12.1. The average Bonchev–Trinajstić information content (AvgIpc) is 2.56. The zero-order valence-electron chi connectivity index (χ0n) is 14.0. The molecule has 0 aliphatic carbocycles. The van der Waals surface area contributed by atoms with Gasteiger partial charge in [0.25, 0.3) is 0 Å². The lowest BCUT2D eigenvalue weighted by Crippen LogP contribution is -2.29. The topological polar surface area (TPSA) is 50.8 Å². The molecule has 0 spiro atoms. The monoisotopic (exact) mass is 350 g/mol. The van der Waals surface area contributed by atoms with Gasteiger partial charge in [-0.3, -0.25) is 9.69 Å². The van der Waals surface area contributed by atoms with E-state index in [0.29, 0.717) is 12.2 Å². The van der Waals surface area contributed by atoms with Crippen molar-refractivity contribution in [2.45, 2.75) is 13.2 Å². The van der Waals surface area contributed by atoms with Gasteiger partial charge in [0.1, 0.15) is 11.5 Å². The summed E-state index contributed by atoms with van der Waals surface area (Å²) >= 11 is 0.